The molecule has 0 aromatic rings. The lowest BCUT2D eigenvalue weighted by molar-refractivity contribution is -0.148. The van der Waals surface area contributed by atoms with Gasteiger partial charge in [0.2, 0.25) is 0 Å². The first-order valence-corrected chi connectivity index (χ1v) is 4.02. The summed E-state index contributed by atoms with van der Waals surface area (Å²) in [7, 11) is 0. The predicted octanol–water partition coefficient (Wildman–Crippen LogP) is 2.21. The van der Waals surface area contributed by atoms with Crippen LogP contribution in [0.1, 0.15) is 27.2 Å². The lowest BCUT2D eigenvalue weighted by Crippen LogP contribution is -2.27. The van der Waals surface area contributed by atoms with Crippen LogP contribution < -0.4 is 0 Å². The van der Waals surface area contributed by atoms with E-state index < -0.39 is 5.60 Å². The van der Waals surface area contributed by atoms with E-state index in [0.29, 0.717) is 5.57 Å². The molecule has 2 heteroatoms. The van der Waals surface area contributed by atoms with Gasteiger partial charge in [0.15, 0.2) is 0 Å². The summed E-state index contributed by atoms with van der Waals surface area (Å²) < 4.78 is 5.22. The second-order valence-electron chi connectivity index (χ2n) is 3.61. The van der Waals surface area contributed by atoms with E-state index in [2.05, 4.69) is 12.7 Å². The maximum absolute atomic E-state index is 11.1. The third-order valence-corrected chi connectivity index (χ3v) is 1.88. The second-order valence-corrected chi connectivity index (χ2v) is 3.61. The van der Waals surface area contributed by atoms with Crippen LogP contribution in [0.25, 0.3) is 0 Å². The molecule has 0 saturated heterocycles. The summed E-state index contributed by atoms with van der Waals surface area (Å²) in [6, 6.07) is 0. The van der Waals surface area contributed by atoms with E-state index in [4.69, 9.17) is 4.74 Å². The van der Waals surface area contributed by atoms with E-state index >= 15 is 0 Å². The molecular weight excluding hydrogens is 152 g/mol. The lowest BCUT2D eigenvalue weighted by Gasteiger charge is -2.22. The highest BCUT2D eigenvalue weighted by Crippen LogP contribution is 2.34. The Morgan fingerprint density at radius 1 is 1.67 bits per heavy atom. The molecule has 0 heterocycles. The highest BCUT2D eigenvalue weighted by Gasteiger charge is 2.32. The molecule has 0 spiro atoms. The van der Waals surface area contributed by atoms with Crippen LogP contribution >= 0.6 is 0 Å². The van der Waals surface area contributed by atoms with Gasteiger partial charge in [-0.05, 0) is 32.8 Å². The molecule has 0 atom stereocenters. The number of allylic oxidation sites excluding steroid dienone is 1. The van der Waals surface area contributed by atoms with Crippen molar-refractivity contribution in [3.8, 4) is 0 Å². The average molecular weight is 166 g/mol. The zero-order valence-electron chi connectivity index (χ0n) is 7.81. The summed E-state index contributed by atoms with van der Waals surface area (Å²) in [6.07, 6.45) is 3.03. The van der Waals surface area contributed by atoms with Crippen molar-refractivity contribution < 1.29 is 9.53 Å². The van der Waals surface area contributed by atoms with Crippen molar-refractivity contribution in [2.45, 2.75) is 32.8 Å². The maximum Gasteiger partial charge on any atom is 0.333 e. The van der Waals surface area contributed by atoms with Crippen LogP contribution in [0.4, 0.5) is 0 Å². The minimum absolute atomic E-state index is 0.312. The fourth-order valence-electron chi connectivity index (χ4n) is 0.927. The number of hydrogen-bond acceptors (Lipinski definition) is 2. The van der Waals surface area contributed by atoms with Crippen molar-refractivity contribution >= 4 is 5.97 Å². The molecule has 0 aromatic heterocycles. The highest BCUT2D eigenvalue weighted by molar-refractivity contribution is 5.87. The van der Waals surface area contributed by atoms with Gasteiger partial charge in [-0.1, -0.05) is 12.7 Å². The van der Waals surface area contributed by atoms with Gasteiger partial charge in [-0.3, -0.25) is 0 Å². The quantitative estimate of drug-likeness (QED) is 0.365. The molecule has 0 amide bonds. The normalized spacial score (nSPS) is 15.1. The van der Waals surface area contributed by atoms with Crippen LogP contribution in [0.3, 0.4) is 0 Å². The Bertz CT molecular complexity index is 259. The summed E-state index contributed by atoms with van der Waals surface area (Å²) in [4.78, 5) is 11.1. The van der Waals surface area contributed by atoms with E-state index in [1.807, 2.05) is 13.8 Å². The first kappa shape index (κ1) is 9.04. The molecule has 12 heavy (non-hydrogen) atoms. The van der Waals surface area contributed by atoms with E-state index in [0.717, 1.165) is 6.42 Å². The number of hydrogen-bond donors (Lipinski definition) is 0. The van der Waals surface area contributed by atoms with Crippen molar-refractivity contribution in [1.29, 1.82) is 0 Å². The fourth-order valence-corrected chi connectivity index (χ4v) is 0.927. The topological polar surface area (TPSA) is 26.3 Å². The van der Waals surface area contributed by atoms with Gasteiger partial charge in [0.25, 0.3) is 0 Å². The van der Waals surface area contributed by atoms with Gasteiger partial charge in [-0.25, -0.2) is 4.79 Å². The Morgan fingerprint density at radius 3 is 2.50 bits per heavy atom. The van der Waals surface area contributed by atoms with Crippen molar-refractivity contribution in [2.24, 2.45) is 0 Å². The first-order valence-electron chi connectivity index (χ1n) is 4.02. The minimum Gasteiger partial charge on any atom is -0.452 e. The number of carbonyl (C=O) groups excluding carboxylic acids is 1. The zero-order chi connectivity index (χ0) is 9.35. The lowest BCUT2D eigenvalue weighted by atomic mass is 10.1. The fraction of sp³-hybridized carbons (Fsp3) is 0.500. The van der Waals surface area contributed by atoms with Crippen molar-refractivity contribution in [1.82, 2.24) is 0 Å². The average Bonchev–Trinajstić information content (AvgIpc) is 2.65. The predicted molar refractivity (Wildman–Crippen MR) is 47.7 cm³/mol. The minimum atomic E-state index is -0.434. The monoisotopic (exact) mass is 166 g/mol. The van der Waals surface area contributed by atoms with Gasteiger partial charge < -0.3 is 4.74 Å². The van der Waals surface area contributed by atoms with Crippen molar-refractivity contribution in [2.75, 3.05) is 0 Å². The van der Waals surface area contributed by atoms with Gasteiger partial charge in [0.1, 0.15) is 5.60 Å². The number of ether oxygens (including phenoxy) is 1. The van der Waals surface area contributed by atoms with Crippen molar-refractivity contribution in [3.63, 3.8) is 0 Å². The Morgan fingerprint density at radius 2 is 2.17 bits per heavy atom. The molecule has 0 saturated carbocycles. The van der Waals surface area contributed by atoms with Crippen LogP contribution in [0.5, 0.6) is 0 Å². The smallest absolute Gasteiger partial charge is 0.333 e. The largest absolute Gasteiger partial charge is 0.452 e. The number of carbonyl (C=O) groups is 1. The number of rotatable bonds is 3. The van der Waals surface area contributed by atoms with Gasteiger partial charge >= 0.3 is 5.97 Å². The zero-order valence-corrected chi connectivity index (χ0v) is 7.81. The van der Waals surface area contributed by atoms with Gasteiger partial charge in [0.05, 0.1) is 0 Å². The Labute approximate surface area is 72.9 Å². The van der Waals surface area contributed by atoms with Gasteiger partial charge in [-0.15, -0.1) is 0 Å². The molecule has 2 nitrogen and oxygen atoms in total. The maximum atomic E-state index is 11.1. The van der Waals surface area contributed by atoms with E-state index in [9.17, 15) is 4.79 Å². The molecule has 1 aliphatic carbocycles. The third-order valence-electron chi connectivity index (χ3n) is 1.88. The summed E-state index contributed by atoms with van der Waals surface area (Å²) >= 11 is 0. The van der Waals surface area contributed by atoms with Gasteiger partial charge in [0, 0.05) is 5.57 Å². The molecule has 0 bridgehead atoms. The molecule has 66 valence electrons. The Hall–Kier alpha value is -1.05. The van der Waals surface area contributed by atoms with Crippen molar-refractivity contribution in [3.05, 3.63) is 23.8 Å². The molecule has 0 aliphatic heterocycles. The summed E-state index contributed by atoms with van der Waals surface area (Å²) in [5, 5.41) is 0. The Kier molecular flexibility index (Phi) is 2.09. The van der Waals surface area contributed by atoms with E-state index in [1.54, 1.807) is 6.92 Å². The number of esters is 1. The SMILES string of the molecule is C=C(C)C(=O)OC(C)(C)C1=CC1. The third kappa shape index (κ3) is 1.97. The molecule has 0 N–H and O–H groups in total. The molecule has 0 unspecified atom stereocenters. The van der Waals surface area contributed by atoms with E-state index in [-0.39, 0.29) is 5.97 Å². The van der Waals surface area contributed by atoms with Crippen LogP contribution in [-0.2, 0) is 9.53 Å². The molecular formula is C10H14O2. The molecule has 1 aliphatic rings. The summed E-state index contributed by atoms with van der Waals surface area (Å²) in [5.74, 6) is -0.312. The summed E-state index contributed by atoms with van der Waals surface area (Å²) in [5.41, 5.74) is 1.21. The molecule has 1 rings (SSSR count). The van der Waals surface area contributed by atoms with Crippen LogP contribution in [0.15, 0.2) is 23.8 Å². The van der Waals surface area contributed by atoms with Crippen LogP contribution in [0.2, 0.25) is 0 Å². The standard InChI is InChI=1S/C10H14O2/c1-7(2)9(11)12-10(3,4)8-5-6-8/h5H,1,6H2,2-4H3. The molecule has 0 radical (unpaired) electrons. The Balaban J connectivity index is 2.55. The second kappa shape index (κ2) is 2.77. The molecule has 0 aromatic carbocycles. The molecule has 0 fully saturated rings. The van der Waals surface area contributed by atoms with E-state index in [1.165, 1.54) is 5.57 Å². The first-order chi connectivity index (χ1) is 5.43. The summed E-state index contributed by atoms with van der Waals surface area (Å²) in [6.45, 7) is 8.97. The highest BCUT2D eigenvalue weighted by atomic mass is 16.6. The van der Waals surface area contributed by atoms with Crippen LogP contribution in [0, 0.1) is 0 Å². The van der Waals surface area contributed by atoms with Gasteiger partial charge in [-0.2, -0.15) is 0 Å². The van der Waals surface area contributed by atoms with Crippen LogP contribution in [-0.4, -0.2) is 11.6 Å².